The summed E-state index contributed by atoms with van der Waals surface area (Å²) in [5.74, 6) is 2.79. The van der Waals surface area contributed by atoms with Gasteiger partial charge in [-0.05, 0) is 42.4 Å². The van der Waals surface area contributed by atoms with Crippen molar-refractivity contribution < 1.29 is 9.32 Å². The van der Waals surface area contributed by atoms with Crippen molar-refractivity contribution in [2.45, 2.75) is 65.2 Å². The Balaban J connectivity index is 1.32. The van der Waals surface area contributed by atoms with Gasteiger partial charge < -0.3 is 14.7 Å². The zero-order valence-corrected chi connectivity index (χ0v) is 15.8. The first-order valence-corrected chi connectivity index (χ1v) is 9.67. The van der Waals surface area contributed by atoms with Gasteiger partial charge in [0.25, 0.3) is 0 Å². The van der Waals surface area contributed by atoms with Crippen LogP contribution in [0.5, 0.6) is 0 Å². The van der Waals surface area contributed by atoms with Gasteiger partial charge in [0, 0.05) is 31.5 Å². The molecule has 1 N–H and O–H groups in total. The van der Waals surface area contributed by atoms with Crippen molar-refractivity contribution in [1.82, 2.24) is 20.4 Å². The van der Waals surface area contributed by atoms with Gasteiger partial charge in [-0.2, -0.15) is 4.98 Å². The van der Waals surface area contributed by atoms with Gasteiger partial charge in [0.1, 0.15) is 0 Å². The molecule has 1 aliphatic heterocycles. The third kappa shape index (κ3) is 2.93. The average molecular weight is 346 g/mol. The fourth-order valence-electron chi connectivity index (χ4n) is 4.43. The highest BCUT2D eigenvalue weighted by atomic mass is 16.5. The van der Waals surface area contributed by atoms with Crippen molar-refractivity contribution in [2.24, 2.45) is 16.7 Å². The Bertz CT molecular complexity index is 648. The first-order chi connectivity index (χ1) is 11.8. The molecule has 25 heavy (non-hydrogen) atoms. The third-order valence-corrected chi connectivity index (χ3v) is 7.23. The molecule has 0 spiro atoms. The lowest BCUT2D eigenvalue weighted by Gasteiger charge is -2.31. The van der Waals surface area contributed by atoms with E-state index in [0.717, 1.165) is 50.5 Å². The van der Waals surface area contributed by atoms with Crippen molar-refractivity contribution >= 4 is 6.03 Å². The Morgan fingerprint density at radius 1 is 1.20 bits per heavy atom. The van der Waals surface area contributed by atoms with Gasteiger partial charge in [0.15, 0.2) is 5.82 Å². The topological polar surface area (TPSA) is 71.3 Å². The Morgan fingerprint density at radius 2 is 1.92 bits per heavy atom. The highest BCUT2D eigenvalue weighted by molar-refractivity contribution is 5.74. The zero-order chi connectivity index (χ0) is 17.8. The van der Waals surface area contributed by atoms with Crippen molar-refractivity contribution in [2.75, 3.05) is 19.6 Å². The standard InChI is InChI=1S/C19H30N4O2/c1-18(2)14(19(18,3)4)10-20-17(24)23-9-5-6-13(11-23)15-21-16(25-22-15)12-7-8-12/h12-14H,5-11H2,1-4H3,(H,20,24). The van der Waals surface area contributed by atoms with Crippen molar-refractivity contribution in [3.8, 4) is 0 Å². The number of likely N-dealkylation sites (tertiary alicyclic amines) is 1. The van der Waals surface area contributed by atoms with Crippen molar-refractivity contribution in [3.05, 3.63) is 11.7 Å². The van der Waals surface area contributed by atoms with Gasteiger partial charge in [0.2, 0.25) is 5.89 Å². The van der Waals surface area contributed by atoms with E-state index in [9.17, 15) is 4.79 Å². The van der Waals surface area contributed by atoms with E-state index >= 15 is 0 Å². The minimum absolute atomic E-state index is 0.0501. The van der Waals surface area contributed by atoms with E-state index in [1.165, 1.54) is 0 Å². The number of carbonyl (C=O) groups is 1. The molecule has 1 aromatic rings. The summed E-state index contributed by atoms with van der Waals surface area (Å²) >= 11 is 0. The van der Waals surface area contributed by atoms with E-state index in [0.29, 0.717) is 29.2 Å². The molecule has 6 nitrogen and oxygen atoms in total. The van der Waals surface area contributed by atoms with Crippen LogP contribution in [0.3, 0.4) is 0 Å². The molecule has 6 heteroatoms. The van der Waals surface area contributed by atoms with Gasteiger partial charge in [0.05, 0.1) is 0 Å². The minimum atomic E-state index is 0.0501. The SMILES string of the molecule is CC1(C)C(CNC(=O)N2CCCC(c3noc(C4CC4)n3)C2)C1(C)C. The van der Waals surface area contributed by atoms with Gasteiger partial charge in [-0.25, -0.2) is 4.79 Å². The summed E-state index contributed by atoms with van der Waals surface area (Å²) in [5.41, 5.74) is 0.600. The van der Waals surface area contributed by atoms with Crippen LogP contribution in [0.25, 0.3) is 0 Å². The Hall–Kier alpha value is -1.59. The minimum Gasteiger partial charge on any atom is -0.339 e. The van der Waals surface area contributed by atoms with Crippen LogP contribution in [0.15, 0.2) is 4.52 Å². The number of hydrogen-bond acceptors (Lipinski definition) is 4. The molecule has 1 unspecified atom stereocenters. The summed E-state index contributed by atoms with van der Waals surface area (Å²) < 4.78 is 5.39. The Labute approximate surface area is 149 Å². The molecule has 1 aromatic heterocycles. The summed E-state index contributed by atoms with van der Waals surface area (Å²) in [6.45, 7) is 11.4. The molecular weight excluding hydrogens is 316 g/mol. The number of piperidine rings is 1. The first kappa shape index (κ1) is 16.9. The molecule has 2 saturated carbocycles. The first-order valence-electron chi connectivity index (χ1n) is 9.67. The largest absolute Gasteiger partial charge is 0.339 e. The number of urea groups is 1. The van der Waals surface area contributed by atoms with E-state index in [1.807, 2.05) is 4.90 Å². The lowest BCUT2D eigenvalue weighted by molar-refractivity contribution is 0.176. The van der Waals surface area contributed by atoms with Crippen LogP contribution >= 0.6 is 0 Å². The summed E-state index contributed by atoms with van der Waals surface area (Å²) in [4.78, 5) is 19.1. The Kier molecular flexibility index (Phi) is 3.85. The smallest absolute Gasteiger partial charge is 0.317 e. The summed E-state index contributed by atoms with van der Waals surface area (Å²) in [7, 11) is 0. The quantitative estimate of drug-likeness (QED) is 0.905. The number of amides is 2. The number of carbonyl (C=O) groups excluding carboxylic acids is 1. The number of aromatic nitrogens is 2. The van der Waals surface area contributed by atoms with Crippen LogP contribution in [0, 0.1) is 16.7 Å². The lowest BCUT2D eigenvalue weighted by Crippen LogP contribution is -2.45. The van der Waals surface area contributed by atoms with Crippen LogP contribution in [0.4, 0.5) is 4.79 Å². The van der Waals surface area contributed by atoms with Gasteiger partial charge in [-0.15, -0.1) is 0 Å². The highest BCUT2D eigenvalue weighted by Crippen LogP contribution is 2.67. The van der Waals surface area contributed by atoms with E-state index < -0.39 is 0 Å². The summed E-state index contributed by atoms with van der Waals surface area (Å²) in [5, 5.41) is 7.33. The van der Waals surface area contributed by atoms with E-state index in [2.05, 4.69) is 43.2 Å². The molecule has 1 saturated heterocycles. The van der Waals surface area contributed by atoms with Gasteiger partial charge >= 0.3 is 6.03 Å². The van der Waals surface area contributed by atoms with Crippen LogP contribution in [-0.2, 0) is 0 Å². The number of nitrogens with zero attached hydrogens (tertiary/aromatic N) is 3. The molecule has 138 valence electrons. The molecule has 0 aromatic carbocycles. The second kappa shape index (κ2) is 5.71. The summed E-state index contributed by atoms with van der Waals surface area (Å²) in [6, 6.07) is 0.0501. The third-order valence-electron chi connectivity index (χ3n) is 7.23. The van der Waals surface area contributed by atoms with Crippen molar-refractivity contribution in [3.63, 3.8) is 0 Å². The molecule has 0 bridgehead atoms. The fourth-order valence-corrected chi connectivity index (χ4v) is 4.43. The lowest BCUT2D eigenvalue weighted by atomic mass is 9.97. The molecule has 2 amide bonds. The number of rotatable bonds is 4. The maximum absolute atomic E-state index is 12.6. The zero-order valence-electron chi connectivity index (χ0n) is 15.8. The van der Waals surface area contributed by atoms with Crippen molar-refractivity contribution in [1.29, 1.82) is 0 Å². The molecule has 2 aliphatic carbocycles. The predicted octanol–water partition coefficient (Wildman–Crippen LogP) is 3.52. The fraction of sp³-hybridized carbons (Fsp3) is 0.842. The maximum atomic E-state index is 12.6. The molecule has 3 aliphatic rings. The van der Waals surface area contributed by atoms with E-state index in [4.69, 9.17) is 4.52 Å². The van der Waals surface area contributed by atoms with Crippen LogP contribution < -0.4 is 5.32 Å². The molecule has 0 radical (unpaired) electrons. The monoisotopic (exact) mass is 346 g/mol. The molecule has 2 heterocycles. The average Bonchev–Trinajstić information content (AvgIpc) is 3.40. The number of nitrogens with one attached hydrogen (secondary N) is 1. The molecular formula is C19H30N4O2. The molecule has 3 fully saturated rings. The Morgan fingerprint density at radius 3 is 2.56 bits per heavy atom. The second-order valence-corrected chi connectivity index (χ2v) is 9.23. The summed E-state index contributed by atoms with van der Waals surface area (Å²) in [6.07, 6.45) is 4.34. The normalized spacial score (nSPS) is 28.0. The maximum Gasteiger partial charge on any atom is 0.317 e. The molecule has 1 atom stereocenters. The van der Waals surface area contributed by atoms with Crippen LogP contribution in [0.1, 0.15) is 76.9 Å². The second-order valence-electron chi connectivity index (χ2n) is 9.23. The van der Waals surface area contributed by atoms with Gasteiger partial charge in [-0.1, -0.05) is 32.9 Å². The van der Waals surface area contributed by atoms with E-state index in [1.54, 1.807) is 0 Å². The van der Waals surface area contributed by atoms with Crippen LogP contribution in [-0.4, -0.2) is 40.7 Å². The van der Waals surface area contributed by atoms with Gasteiger partial charge in [-0.3, -0.25) is 0 Å². The number of hydrogen-bond donors (Lipinski definition) is 1. The highest BCUT2D eigenvalue weighted by Gasteiger charge is 2.64. The van der Waals surface area contributed by atoms with E-state index in [-0.39, 0.29) is 11.9 Å². The molecule has 4 rings (SSSR count). The van der Waals surface area contributed by atoms with Crippen LogP contribution in [0.2, 0.25) is 0 Å². The predicted molar refractivity (Wildman–Crippen MR) is 94.3 cm³/mol.